The van der Waals surface area contributed by atoms with E-state index in [1.165, 1.54) is 24.3 Å². The zero-order valence-electron chi connectivity index (χ0n) is 16.0. The van der Waals surface area contributed by atoms with Crippen molar-refractivity contribution in [3.05, 3.63) is 54.1 Å². The summed E-state index contributed by atoms with van der Waals surface area (Å²) < 4.78 is 69.8. The topological polar surface area (TPSA) is 75.7 Å². The third-order valence-electron chi connectivity index (χ3n) is 3.69. The Morgan fingerprint density at radius 3 is 2.21 bits per heavy atom. The maximum atomic E-state index is 13.1. The maximum Gasteiger partial charge on any atom is 0.418 e. The molecule has 1 amide bonds. The van der Waals surface area contributed by atoms with E-state index in [0.29, 0.717) is 5.75 Å². The Morgan fingerprint density at radius 2 is 1.69 bits per heavy atom. The SMILES string of the molecule is CC(C)Oc1ccc(N(CC(=O)Nc2ccccc2C(F)(F)F)S(C)(=O)=O)cc1. The Balaban J connectivity index is 2.23. The highest BCUT2D eigenvalue weighted by atomic mass is 32.2. The molecule has 0 saturated heterocycles. The summed E-state index contributed by atoms with van der Waals surface area (Å²) >= 11 is 0. The van der Waals surface area contributed by atoms with Gasteiger partial charge in [0.25, 0.3) is 0 Å². The molecular formula is C19H21F3N2O4S. The van der Waals surface area contributed by atoms with Crippen LogP contribution >= 0.6 is 0 Å². The summed E-state index contributed by atoms with van der Waals surface area (Å²) in [7, 11) is -3.87. The van der Waals surface area contributed by atoms with E-state index in [1.54, 1.807) is 12.1 Å². The van der Waals surface area contributed by atoms with Gasteiger partial charge in [-0.25, -0.2) is 8.42 Å². The molecule has 29 heavy (non-hydrogen) atoms. The van der Waals surface area contributed by atoms with Gasteiger partial charge in [-0.05, 0) is 50.2 Å². The van der Waals surface area contributed by atoms with Crippen molar-refractivity contribution in [2.75, 3.05) is 22.4 Å². The molecule has 0 spiro atoms. The monoisotopic (exact) mass is 430 g/mol. The van der Waals surface area contributed by atoms with Gasteiger partial charge < -0.3 is 10.1 Å². The molecule has 0 heterocycles. The summed E-state index contributed by atoms with van der Waals surface area (Å²) in [4.78, 5) is 12.3. The van der Waals surface area contributed by atoms with Crippen LogP contribution in [-0.4, -0.2) is 33.2 Å². The summed E-state index contributed by atoms with van der Waals surface area (Å²) in [6.07, 6.45) is -3.83. The molecule has 0 saturated carbocycles. The number of hydrogen-bond donors (Lipinski definition) is 1. The van der Waals surface area contributed by atoms with Crippen molar-refractivity contribution in [3.63, 3.8) is 0 Å². The van der Waals surface area contributed by atoms with E-state index < -0.39 is 39.9 Å². The van der Waals surface area contributed by atoms with Crippen LogP contribution in [0.4, 0.5) is 24.5 Å². The lowest BCUT2D eigenvalue weighted by Crippen LogP contribution is -2.37. The molecule has 2 rings (SSSR count). The van der Waals surface area contributed by atoms with E-state index in [4.69, 9.17) is 4.74 Å². The van der Waals surface area contributed by atoms with Crippen LogP contribution < -0.4 is 14.4 Å². The van der Waals surface area contributed by atoms with Gasteiger partial charge in [-0.15, -0.1) is 0 Å². The highest BCUT2D eigenvalue weighted by Gasteiger charge is 2.33. The molecule has 10 heteroatoms. The fourth-order valence-corrected chi connectivity index (χ4v) is 3.38. The van der Waals surface area contributed by atoms with Crippen molar-refractivity contribution in [2.45, 2.75) is 26.1 Å². The Kier molecular flexibility index (Phi) is 6.78. The van der Waals surface area contributed by atoms with E-state index in [9.17, 15) is 26.4 Å². The first-order chi connectivity index (χ1) is 13.4. The van der Waals surface area contributed by atoms with Gasteiger partial charge in [-0.2, -0.15) is 13.2 Å². The van der Waals surface area contributed by atoms with Crippen LogP contribution in [0, 0.1) is 0 Å². The molecule has 0 aliphatic rings. The fraction of sp³-hybridized carbons (Fsp3) is 0.316. The van der Waals surface area contributed by atoms with Crippen molar-refractivity contribution < 1.29 is 31.1 Å². The number of hydrogen-bond acceptors (Lipinski definition) is 4. The van der Waals surface area contributed by atoms with Crippen LogP contribution in [-0.2, 0) is 21.0 Å². The zero-order valence-corrected chi connectivity index (χ0v) is 16.8. The van der Waals surface area contributed by atoms with E-state index in [1.807, 2.05) is 13.8 Å². The van der Waals surface area contributed by atoms with Crippen molar-refractivity contribution >= 4 is 27.3 Å². The number of alkyl halides is 3. The number of anilines is 2. The first-order valence-corrected chi connectivity index (χ1v) is 10.4. The number of nitrogens with zero attached hydrogens (tertiary/aromatic N) is 1. The van der Waals surface area contributed by atoms with Gasteiger partial charge in [0, 0.05) is 0 Å². The van der Waals surface area contributed by atoms with Gasteiger partial charge in [-0.3, -0.25) is 9.10 Å². The quantitative estimate of drug-likeness (QED) is 0.723. The summed E-state index contributed by atoms with van der Waals surface area (Å²) in [5.74, 6) is -0.393. The number of halogens is 3. The van der Waals surface area contributed by atoms with Crippen LogP contribution in [0.5, 0.6) is 5.75 Å². The average molecular weight is 430 g/mol. The number of para-hydroxylation sites is 1. The highest BCUT2D eigenvalue weighted by molar-refractivity contribution is 7.92. The van der Waals surface area contributed by atoms with Gasteiger partial charge in [0.1, 0.15) is 12.3 Å². The lowest BCUT2D eigenvalue weighted by Gasteiger charge is -2.23. The Hall–Kier alpha value is -2.75. The molecule has 0 atom stereocenters. The first kappa shape index (κ1) is 22.5. The number of carbonyl (C=O) groups excluding carboxylic acids is 1. The summed E-state index contributed by atoms with van der Waals surface area (Å²) in [5, 5.41) is 2.14. The number of carbonyl (C=O) groups is 1. The van der Waals surface area contributed by atoms with Crippen molar-refractivity contribution in [2.24, 2.45) is 0 Å². The normalized spacial score (nSPS) is 12.0. The fourth-order valence-electron chi connectivity index (χ4n) is 2.52. The second kappa shape index (κ2) is 8.73. The number of amides is 1. The van der Waals surface area contributed by atoms with E-state index in [-0.39, 0.29) is 11.8 Å². The van der Waals surface area contributed by atoms with Crippen LogP contribution in [0.1, 0.15) is 19.4 Å². The Morgan fingerprint density at radius 1 is 1.10 bits per heavy atom. The molecule has 2 aromatic carbocycles. The lowest BCUT2D eigenvalue weighted by atomic mass is 10.1. The Labute approximate surface area is 167 Å². The minimum Gasteiger partial charge on any atom is -0.491 e. The lowest BCUT2D eigenvalue weighted by molar-refractivity contribution is -0.137. The number of nitrogens with one attached hydrogen (secondary N) is 1. The van der Waals surface area contributed by atoms with E-state index >= 15 is 0 Å². The molecule has 0 bridgehead atoms. The Bertz CT molecular complexity index is 958. The molecule has 0 aromatic heterocycles. The molecule has 6 nitrogen and oxygen atoms in total. The van der Waals surface area contributed by atoms with Crippen molar-refractivity contribution in [1.82, 2.24) is 0 Å². The summed E-state index contributed by atoms with van der Waals surface area (Å²) in [5.41, 5.74) is -1.28. The van der Waals surface area contributed by atoms with Crippen LogP contribution in [0.2, 0.25) is 0 Å². The summed E-state index contributed by atoms with van der Waals surface area (Å²) in [6.45, 7) is 2.98. The zero-order chi connectivity index (χ0) is 21.8. The van der Waals surface area contributed by atoms with Crippen LogP contribution in [0.25, 0.3) is 0 Å². The smallest absolute Gasteiger partial charge is 0.418 e. The van der Waals surface area contributed by atoms with Crippen molar-refractivity contribution in [1.29, 1.82) is 0 Å². The number of benzene rings is 2. The number of sulfonamides is 1. The minimum atomic E-state index is -4.66. The molecular weight excluding hydrogens is 409 g/mol. The van der Waals surface area contributed by atoms with Gasteiger partial charge in [0.2, 0.25) is 15.9 Å². The molecule has 0 aliphatic heterocycles. The maximum absolute atomic E-state index is 13.1. The largest absolute Gasteiger partial charge is 0.491 e. The van der Waals surface area contributed by atoms with Gasteiger partial charge in [0.15, 0.2) is 0 Å². The molecule has 0 fully saturated rings. The third-order valence-corrected chi connectivity index (χ3v) is 4.83. The van der Waals surface area contributed by atoms with Gasteiger partial charge in [-0.1, -0.05) is 12.1 Å². The highest BCUT2D eigenvalue weighted by Crippen LogP contribution is 2.34. The third kappa shape index (κ3) is 6.38. The van der Waals surface area contributed by atoms with Crippen molar-refractivity contribution in [3.8, 4) is 5.75 Å². The molecule has 1 N–H and O–H groups in total. The van der Waals surface area contributed by atoms with Crippen LogP contribution in [0.3, 0.4) is 0 Å². The second-order valence-corrected chi connectivity index (χ2v) is 8.43. The predicted molar refractivity (Wildman–Crippen MR) is 104 cm³/mol. The number of ether oxygens (including phenoxy) is 1. The van der Waals surface area contributed by atoms with Gasteiger partial charge in [0.05, 0.1) is 29.3 Å². The van der Waals surface area contributed by atoms with Gasteiger partial charge >= 0.3 is 6.18 Å². The second-order valence-electron chi connectivity index (χ2n) is 6.52. The molecule has 0 unspecified atom stereocenters. The van der Waals surface area contributed by atoms with E-state index in [0.717, 1.165) is 22.7 Å². The minimum absolute atomic E-state index is 0.0775. The molecule has 0 radical (unpaired) electrons. The van der Waals surface area contributed by atoms with E-state index in [2.05, 4.69) is 5.32 Å². The first-order valence-electron chi connectivity index (χ1n) is 8.58. The average Bonchev–Trinajstić information content (AvgIpc) is 2.58. The number of rotatable bonds is 7. The molecule has 158 valence electrons. The van der Waals surface area contributed by atoms with Crippen LogP contribution in [0.15, 0.2) is 48.5 Å². The molecule has 2 aromatic rings. The molecule has 0 aliphatic carbocycles. The standard InChI is InChI=1S/C19H21F3N2O4S/c1-13(2)28-15-10-8-14(9-11-15)24(29(3,26)27)12-18(25)23-17-7-5-4-6-16(17)19(20,21)22/h4-11,13H,12H2,1-3H3,(H,23,25). The summed E-state index contributed by atoms with van der Waals surface area (Å²) in [6, 6.07) is 10.5. The predicted octanol–water partition coefficient (Wildman–Crippen LogP) is 3.90.